The Morgan fingerprint density at radius 1 is 1.11 bits per heavy atom. The molecule has 0 aromatic heterocycles. The minimum absolute atomic E-state index is 0.293. The quantitative estimate of drug-likeness (QED) is 0.876. The van der Waals surface area contributed by atoms with E-state index in [1.807, 2.05) is 10.8 Å². The van der Waals surface area contributed by atoms with Crippen LogP contribution in [0, 0.1) is 0 Å². The van der Waals surface area contributed by atoms with E-state index < -0.39 is 16.1 Å². The Morgan fingerprint density at radius 3 is 2.47 bits per heavy atom. The van der Waals surface area contributed by atoms with Crippen molar-refractivity contribution in [3.63, 3.8) is 0 Å². The molecule has 1 aliphatic rings. The highest BCUT2D eigenvalue weighted by molar-refractivity contribution is 7.88. The van der Waals surface area contributed by atoms with E-state index in [0.29, 0.717) is 11.3 Å². The first-order chi connectivity index (χ1) is 9.07. The van der Waals surface area contributed by atoms with Crippen molar-refractivity contribution in [3.05, 3.63) is 59.8 Å². The van der Waals surface area contributed by atoms with E-state index >= 15 is 0 Å². The van der Waals surface area contributed by atoms with Crippen LogP contribution in [-0.4, -0.2) is 14.3 Å². The molecule has 2 rings (SSSR count). The van der Waals surface area contributed by atoms with Gasteiger partial charge in [0.25, 0.3) is 5.91 Å². The first-order valence-corrected chi connectivity index (χ1v) is 7.32. The second kappa shape index (κ2) is 5.71. The van der Waals surface area contributed by atoms with Gasteiger partial charge in [0.05, 0.1) is 0 Å². The predicted octanol–water partition coefficient (Wildman–Crippen LogP) is 1.48. The third-order valence-electron chi connectivity index (χ3n) is 2.51. The Labute approximate surface area is 112 Å². The lowest BCUT2D eigenvalue weighted by molar-refractivity contribution is 0.0981. The largest absolute Gasteiger partial charge is 0.323 e. The van der Waals surface area contributed by atoms with Crippen LogP contribution in [0.2, 0.25) is 0 Å². The number of hydrogen-bond acceptors (Lipinski definition) is 3. The van der Waals surface area contributed by atoms with Gasteiger partial charge in [-0.3, -0.25) is 9.52 Å². The van der Waals surface area contributed by atoms with E-state index in [0.717, 1.165) is 12.8 Å². The van der Waals surface area contributed by atoms with E-state index in [1.165, 1.54) is 0 Å². The summed E-state index contributed by atoms with van der Waals surface area (Å²) in [6.07, 6.45) is 6.99. The number of carbonyl (C=O) groups is 1. The average molecular weight is 278 g/mol. The van der Waals surface area contributed by atoms with E-state index in [-0.39, 0.29) is 0 Å². The molecule has 100 valence electrons. The van der Waals surface area contributed by atoms with Crippen molar-refractivity contribution < 1.29 is 13.2 Å². The Balaban J connectivity index is 2.03. The molecule has 1 aromatic carbocycles. The molecule has 0 saturated carbocycles. The van der Waals surface area contributed by atoms with Crippen LogP contribution in [0.25, 0.3) is 0 Å². The van der Waals surface area contributed by atoms with Crippen molar-refractivity contribution in [2.24, 2.45) is 0 Å². The van der Waals surface area contributed by atoms with E-state index in [9.17, 15) is 13.2 Å². The van der Waals surface area contributed by atoms with Crippen molar-refractivity contribution in [1.82, 2.24) is 9.44 Å². The molecule has 0 unspecified atom stereocenters. The summed E-state index contributed by atoms with van der Waals surface area (Å²) in [6.45, 7) is 0. The van der Waals surface area contributed by atoms with Crippen molar-refractivity contribution in [3.8, 4) is 0 Å². The maximum atomic E-state index is 11.8. The van der Waals surface area contributed by atoms with Crippen LogP contribution >= 0.6 is 0 Å². The fourth-order valence-electron chi connectivity index (χ4n) is 1.64. The maximum Gasteiger partial charge on any atom is 0.323 e. The second-order valence-electron chi connectivity index (χ2n) is 4.04. The number of benzene rings is 1. The first-order valence-electron chi connectivity index (χ1n) is 5.83. The van der Waals surface area contributed by atoms with Crippen LogP contribution < -0.4 is 9.44 Å². The van der Waals surface area contributed by atoms with Crippen LogP contribution in [-0.2, 0) is 10.2 Å². The minimum atomic E-state index is -3.90. The smallest absolute Gasteiger partial charge is 0.268 e. The molecule has 0 saturated heterocycles. The molecule has 6 heteroatoms. The summed E-state index contributed by atoms with van der Waals surface area (Å²) < 4.78 is 27.8. The highest BCUT2D eigenvalue weighted by Crippen LogP contribution is 2.07. The van der Waals surface area contributed by atoms with Gasteiger partial charge in [-0.25, -0.2) is 4.72 Å². The zero-order valence-corrected chi connectivity index (χ0v) is 11.0. The summed E-state index contributed by atoms with van der Waals surface area (Å²) in [5, 5.41) is 0. The predicted molar refractivity (Wildman–Crippen MR) is 72.4 cm³/mol. The van der Waals surface area contributed by atoms with Gasteiger partial charge < -0.3 is 0 Å². The number of amides is 1. The Bertz CT molecular complexity index is 619. The number of allylic oxidation sites excluding steroid dienone is 3. The molecule has 19 heavy (non-hydrogen) atoms. The van der Waals surface area contributed by atoms with E-state index in [2.05, 4.69) is 4.72 Å². The highest BCUT2D eigenvalue weighted by Gasteiger charge is 2.16. The SMILES string of the molecule is O=C(NS(=O)(=O)NC1=CCCC=C1)c1ccccc1. The number of rotatable bonds is 4. The van der Waals surface area contributed by atoms with Gasteiger partial charge in [0.1, 0.15) is 0 Å². The van der Waals surface area contributed by atoms with Gasteiger partial charge in [-0.2, -0.15) is 8.42 Å². The molecule has 0 aliphatic heterocycles. The van der Waals surface area contributed by atoms with E-state index in [4.69, 9.17) is 0 Å². The molecule has 1 aromatic rings. The summed E-state index contributed by atoms with van der Waals surface area (Å²) in [7, 11) is -3.90. The first kappa shape index (κ1) is 13.4. The summed E-state index contributed by atoms with van der Waals surface area (Å²) in [6, 6.07) is 8.18. The molecule has 1 aliphatic carbocycles. The molecule has 5 nitrogen and oxygen atoms in total. The normalized spacial score (nSPS) is 14.6. The summed E-state index contributed by atoms with van der Waals surface area (Å²) in [4.78, 5) is 11.7. The molecule has 1 amide bonds. The molecule has 0 fully saturated rings. The van der Waals surface area contributed by atoms with Gasteiger partial charge in [0.2, 0.25) is 0 Å². The summed E-state index contributed by atoms with van der Waals surface area (Å²) >= 11 is 0. The zero-order valence-electron chi connectivity index (χ0n) is 10.2. The van der Waals surface area contributed by atoms with Crippen LogP contribution in [0.1, 0.15) is 23.2 Å². The average Bonchev–Trinajstić information content (AvgIpc) is 2.39. The fraction of sp³-hybridized carbons (Fsp3) is 0.154. The molecule has 2 N–H and O–H groups in total. The molecule has 0 spiro atoms. The van der Waals surface area contributed by atoms with Gasteiger partial charge >= 0.3 is 10.2 Å². The standard InChI is InChI=1S/C13H14N2O3S/c16-13(11-7-3-1-4-8-11)15-19(17,18)14-12-9-5-2-6-10-12/h1,3-5,7-10,14H,2,6H2,(H,15,16). The summed E-state index contributed by atoms with van der Waals surface area (Å²) in [5.74, 6) is -0.659. The molecule has 0 heterocycles. The van der Waals surface area contributed by atoms with Gasteiger partial charge in [-0.05, 0) is 31.1 Å². The maximum absolute atomic E-state index is 11.8. The number of carbonyl (C=O) groups excluding carboxylic acids is 1. The van der Waals surface area contributed by atoms with Crippen molar-refractivity contribution in [2.45, 2.75) is 12.8 Å². The monoisotopic (exact) mass is 278 g/mol. The van der Waals surface area contributed by atoms with Crippen molar-refractivity contribution in [1.29, 1.82) is 0 Å². The van der Waals surface area contributed by atoms with Crippen LogP contribution in [0.3, 0.4) is 0 Å². The third-order valence-corrected chi connectivity index (χ3v) is 3.47. The van der Waals surface area contributed by atoms with Crippen LogP contribution in [0.15, 0.2) is 54.3 Å². The number of hydrogen-bond donors (Lipinski definition) is 2. The van der Waals surface area contributed by atoms with Crippen LogP contribution in [0.4, 0.5) is 0 Å². The summed E-state index contributed by atoms with van der Waals surface area (Å²) in [5.41, 5.74) is 0.764. The molecular weight excluding hydrogens is 264 g/mol. The lowest BCUT2D eigenvalue weighted by Crippen LogP contribution is -2.39. The van der Waals surface area contributed by atoms with Gasteiger partial charge in [-0.15, -0.1) is 0 Å². The van der Waals surface area contributed by atoms with E-state index in [1.54, 1.807) is 42.5 Å². The lowest BCUT2D eigenvalue weighted by atomic mass is 10.2. The third kappa shape index (κ3) is 3.96. The van der Waals surface area contributed by atoms with Crippen molar-refractivity contribution in [2.75, 3.05) is 0 Å². The van der Waals surface area contributed by atoms with Gasteiger partial charge in [0.15, 0.2) is 0 Å². The Morgan fingerprint density at radius 2 is 1.84 bits per heavy atom. The Kier molecular flexibility index (Phi) is 4.01. The molecular formula is C13H14N2O3S. The van der Waals surface area contributed by atoms with Gasteiger partial charge in [0, 0.05) is 11.3 Å². The molecule has 0 atom stereocenters. The fourth-order valence-corrected chi connectivity index (χ4v) is 2.51. The number of nitrogens with one attached hydrogen (secondary N) is 2. The van der Waals surface area contributed by atoms with Crippen molar-refractivity contribution >= 4 is 16.1 Å². The van der Waals surface area contributed by atoms with Gasteiger partial charge in [-0.1, -0.05) is 30.4 Å². The zero-order chi connectivity index (χ0) is 13.7. The topological polar surface area (TPSA) is 75.3 Å². The lowest BCUT2D eigenvalue weighted by Gasteiger charge is -2.11. The highest BCUT2D eigenvalue weighted by atomic mass is 32.2. The minimum Gasteiger partial charge on any atom is -0.268 e. The molecule has 0 bridgehead atoms. The molecule has 0 radical (unpaired) electrons. The Hall–Kier alpha value is -2.08. The van der Waals surface area contributed by atoms with Crippen LogP contribution in [0.5, 0.6) is 0 Å². The second-order valence-corrected chi connectivity index (χ2v) is 5.46.